The lowest BCUT2D eigenvalue weighted by atomic mass is 10.0. The molecule has 3 N–H and O–H groups in total. The van der Waals surface area contributed by atoms with Crippen molar-refractivity contribution >= 4 is 35.1 Å². The number of aryl methyl sites for hydroxylation is 1. The number of carbonyl (C=O) groups excluding carboxylic acids is 1. The molecule has 7 heteroatoms. The highest BCUT2D eigenvalue weighted by atomic mass is 35.5. The zero-order chi connectivity index (χ0) is 17.1. The highest BCUT2D eigenvalue weighted by Crippen LogP contribution is 2.21. The number of nitrogens with one attached hydrogen (secondary N) is 1. The van der Waals surface area contributed by atoms with E-state index in [9.17, 15) is 19.5 Å². The van der Waals surface area contributed by atoms with E-state index in [1.807, 2.05) is 0 Å². The Kier molecular flexibility index (Phi) is 4.66. The zero-order valence-corrected chi connectivity index (χ0v) is 12.7. The second-order valence-electron chi connectivity index (χ2n) is 4.79. The van der Waals surface area contributed by atoms with Crippen LogP contribution in [0.1, 0.15) is 36.6 Å². The SMILES string of the molecule is Cc1ccc(NC(=O)c2ccc(C(=O)O)cc2C(=O)O)cc1Cl. The van der Waals surface area contributed by atoms with Gasteiger partial charge in [-0.1, -0.05) is 17.7 Å². The second-order valence-corrected chi connectivity index (χ2v) is 5.20. The van der Waals surface area contributed by atoms with Crippen LogP contribution >= 0.6 is 11.6 Å². The second kappa shape index (κ2) is 6.50. The fourth-order valence-electron chi connectivity index (χ4n) is 1.92. The average molecular weight is 334 g/mol. The number of carboxylic acids is 2. The molecule has 0 spiro atoms. The Morgan fingerprint density at radius 2 is 1.65 bits per heavy atom. The van der Waals surface area contributed by atoms with E-state index in [0.717, 1.165) is 17.7 Å². The van der Waals surface area contributed by atoms with Gasteiger partial charge in [-0.15, -0.1) is 0 Å². The van der Waals surface area contributed by atoms with Gasteiger partial charge in [0.05, 0.1) is 16.7 Å². The van der Waals surface area contributed by atoms with Gasteiger partial charge < -0.3 is 15.5 Å². The summed E-state index contributed by atoms with van der Waals surface area (Å²) in [6, 6.07) is 8.17. The Morgan fingerprint density at radius 3 is 2.22 bits per heavy atom. The van der Waals surface area contributed by atoms with Crippen LogP contribution in [0.3, 0.4) is 0 Å². The van der Waals surface area contributed by atoms with E-state index >= 15 is 0 Å². The Labute approximate surface area is 136 Å². The Hall–Kier alpha value is -2.86. The molecule has 6 nitrogen and oxygen atoms in total. The minimum absolute atomic E-state index is 0.140. The molecule has 0 aliphatic heterocycles. The minimum Gasteiger partial charge on any atom is -0.478 e. The largest absolute Gasteiger partial charge is 0.478 e. The van der Waals surface area contributed by atoms with Crippen molar-refractivity contribution in [1.29, 1.82) is 0 Å². The summed E-state index contributed by atoms with van der Waals surface area (Å²) in [5.41, 5.74) is 0.503. The third-order valence-corrected chi connectivity index (χ3v) is 3.58. The number of anilines is 1. The van der Waals surface area contributed by atoms with Crippen molar-refractivity contribution in [3.8, 4) is 0 Å². The van der Waals surface area contributed by atoms with Crippen molar-refractivity contribution in [2.24, 2.45) is 0 Å². The molecule has 2 aromatic carbocycles. The highest BCUT2D eigenvalue weighted by Gasteiger charge is 2.19. The summed E-state index contributed by atoms with van der Waals surface area (Å²) in [6.07, 6.45) is 0. The zero-order valence-electron chi connectivity index (χ0n) is 12.0. The summed E-state index contributed by atoms with van der Waals surface area (Å²) in [5, 5.41) is 21.1. The molecular weight excluding hydrogens is 322 g/mol. The standard InChI is InChI=1S/C16H12ClNO5/c1-8-2-4-10(7-13(8)17)18-14(19)11-5-3-9(15(20)21)6-12(11)16(22)23/h2-7H,1H3,(H,18,19)(H,20,21)(H,22,23). The first-order valence-electron chi connectivity index (χ1n) is 6.47. The molecular formula is C16H12ClNO5. The van der Waals surface area contributed by atoms with Gasteiger partial charge in [-0.2, -0.15) is 0 Å². The lowest BCUT2D eigenvalue weighted by molar-refractivity contribution is 0.0692. The molecule has 0 bridgehead atoms. The first-order chi connectivity index (χ1) is 10.8. The van der Waals surface area contributed by atoms with Crippen molar-refractivity contribution < 1.29 is 24.6 Å². The number of benzene rings is 2. The molecule has 2 rings (SSSR count). The van der Waals surface area contributed by atoms with Gasteiger partial charge in [0.2, 0.25) is 0 Å². The molecule has 1 amide bonds. The van der Waals surface area contributed by atoms with Gasteiger partial charge >= 0.3 is 11.9 Å². The van der Waals surface area contributed by atoms with E-state index in [1.54, 1.807) is 25.1 Å². The molecule has 0 heterocycles. The van der Waals surface area contributed by atoms with Gasteiger partial charge in [-0.25, -0.2) is 9.59 Å². The van der Waals surface area contributed by atoms with Gasteiger partial charge in [-0.05, 0) is 42.8 Å². The van der Waals surface area contributed by atoms with Crippen LogP contribution in [-0.2, 0) is 0 Å². The van der Waals surface area contributed by atoms with Crippen molar-refractivity contribution in [3.63, 3.8) is 0 Å². The van der Waals surface area contributed by atoms with E-state index in [4.69, 9.17) is 16.7 Å². The molecule has 0 aliphatic rings. The Bertz CT molecular complexity index is 816. The quantitative estimate of drug-likeness (QED) is 0.796. The average Bonchev–Trinajstić information content (AvgIpc) is 2.50. The molecule has 0 unspecified atom stereocenters. The van der Waals surface area contributed by atoms with Crippen LogP contribution in [-0.4, -0.2) is 28.1 Å². The normalized spacial score (nSPS) is 10.2. The maximum atomic E-state index is 12.3. The summed E-state index contributed by atoms with van der Waals surface area (Å²) in [6.45, 7) is 1.81. The number of carbonyl (C=O) groups is 3. The summed E-state index contributed by atoms with van der Waals surface area (Å²) in [7, 11) is 0. The Morgan fingerprint density at radius 1 is 0.957 bits per heavy atom. The molecule has 0 saturated heterocycles. The summed E-state index contributed by atoms with van der Waals surface area (Å²) >= 11 is 5.97. The third-order valence-electron chi connectivity index (χ3n) is 3.17. The first kappa shape index (κ1) is 16.5. The van der Waals surface area contributed by atoms with Gasteiger partial charge in [-0.3, -0.25) is 4.79 Å². The molecule has 118 valence electrons. The summed E-state index contributed by atoms with van der Waals surface area (Å²) in [5.74, 6) is -3.33. The van der Waals surface area contributed by atoms with Crippen molar-refractivity contribution in [2.75, 3.05) is 5.32 Å². The maximum Gasteiger partial charge on any atom is 0.336 e. The number of rotatable bonds is 4. The monoisotopic (exact) mass is 333 g/mol. The van der Waals surface area contributed by atoms with E-state index < -0.39 is 17.8 Å². The molecule has 2 aromatic rings. The molecule has 0 radical (unpaired) electrons. The maximum absolute atomic E-state index is 12.3. The number of halogens is 1. The van der Waals surface area contributed by atoms with Gasteiger partial charge in [0.1, 0.15) is 0 Å². The van der Waals surface area contributed by atoms with Crippen LogP contribution in [0.25, 0.3) is 0 Å². The fraction of sp³-hybridized carbons (Fsp3) is 0.0625. The molecule has 0 aromatic heterocycles. The molecule has 0 saturated carbocycles. The van der Waals surface area contributed by atoms with Crippen molar-refractivity contribution in [3.05, 3.63) is 63.7 Å². The number of carboxylic acid groups (broad SMARTS) is 2. The predicted octanol–water partition coefficient (Wildman–Crippen LogP) is 3.30. The van der Waals surface area contributed by atoms with Crippen molar-refractivity contribution in [2.45, 2.75) is 6.92 Å². The van der Waals surface area contributed by atoms with Crippen LogP contribution in [0.2, 0.25) is 5.02 Å². The smallest absolute Gasteiger partial charge is 0.336 e. The van der Waals surface area contributed by atoms with E-state index in [1.165, 1.54) is 6.07 Å². The minimum atomic E-state index is -1.39. The van der Waals surface area contributed by atoms with Crippen LogP contribution < -0.4 is 5.32 Å². The van der Waals surface area contributed by atoms with Crippen LogP contribution in [0.15, 0.2) is 36.4 Å². The lowest BCUT2D eigenvalue weighted by Gasteiger charge is -2.09. The van der Waals surface area contributed by atoms with Crippen LogP contribution in [0, 0.1) is 6.92 Å². The number of hydrogen-bond donors (Lipinski definition) is 3. The molecule has 0 aliphatic carbocycles. The van der Waals surface area contributed by atoms with E-state index in [2.05, 4.69) is 5.32 Å². The predicted molar refractivity (Wildman–Crippen MR) is 84.5 cm³/mol. The first-order valence-corrected chi connectivity index (χ1v) is 6.85. The van der Waals surface area contributed by atoms with Gasteiger partial charge in [0.25, 0.3) is 5.91 Å². The van der Waals surface area contributed by atoms with E-state index in [0.29, 0.717) is 10.7 Å². The van der Waals surface area contributed by atoms with Crippen LogP contribution in [0.4, 0.5) is 5.69 Å². The fourth-order valence-corrected chi connectivity index (χ4v) is 2.10. The molecule has 23 heavy (non-hydrogen) atoms. The summed E-state index contributed by atoms with van der Waals surface area (Å²) < 4.78 is 0. The topological polar surface area (TPSA) is 104 Å². The number of amides is 1. The summed E-state index contributed by atoms with van der Waals surface area (Å²) in [4.78, 5) is 34.4. The van der Waals surface area contributed by atoms with Gasteiger partial charge in [0, 0.05) is 10.7 Å². The highest BCUT2D eigenvalue weighted by molar-refractivity contribution is 6.31. The molecule has 0 fully saturated rings. The van der Waals surface area contributed by atoms with Crippen LogP contribution in [0.5, 0.6) is 0 Å². The van der Waals surface area contributed by atoms with E-state index in [-0.39, 0.29) is 16.7 Å². The molecule has 0 atom stereocenters. The van der Waals surface area contributed by atoms with Crippen molar-refractivity contribution in [1.82, 2.24) is 0 Å². The van der Waals surface area contributed by atoms with Gasteiger partial charge in [0.15, 0.2) is 0 Å². The Balaban J connectivity index is 2.36. The number of hydrogen-bond acceptors (Lipinski definition) is 3. The number of aromatic carboxylic acids is 2. The lowest BCUT2D eigenvalue weighted by Crippen LogP contribution is -2.17. The third kappa shape index (κ3) is 3.67.